The molecule has 0 aliphatic carbocycles. The molecule has 0 unspecified atom stereocenters. The third-order valence-corrected chi connectivity index (χ3v) is 3.78. The lowest BCUT2D eigenvalue weighted by Crippen LogP contribution is -2.36. The van der Waals surface area contributed by atoms with Crippen LogP contribution in [0, 0.1) is 11.6 Å². The number of nitrogens with zero attached hydrogens (tertiary/aromatic N) is 1. The van der Waals surface area contributed by atoms with Crippen LogP contribution in [0.4, 0.5) is 8.78 Å². The first-order valence-corrected chi connectivity index (χ1v) is 8.43. The lowest BCUT2D eigenvalue weighted by Gasteiger charge is -2.13. The van der Waals surface area contributed by atoms with E-state index in [0.717, 1.165) is 23.8 Å². The number of amides is 2. The van der Waals surface area contributed by atoms with Crippen molar-refractivity contribution >= 4 is 41.8 Å². The fourth-order valence-electron chi connectivity index (χ4n) is 2.31. The molecule has 0 aromatic heterocycles. The third kappa shape index (κ3) is 8.02. The summed E-state index contributed by atoms with van der Waals surface area (Å²) < 4.78 is 26.9. The van der Waals surface area contributed by atoms with E-state index in [2.05, 4.69) is 20.9 Å². The molecule has 29 heavy (non-hydrogen) atoms. The number of hydrogen-bond donors (Lipinski definition) is 4. The summed E-state index contributed by atoms with van der Waals surface area (Å²) in [5.41, 5.74) is 6.44. The van der Waals surface area contributed by atoms with Gasteiger partial charge in [-0.25, -0.2) is 8.78 Å². The van der Waals surface area contributed by atoms with Gasteiger partial charge in [0.25, 0.3) is 5.91 Å². The molecule has 2 aromatic carbocycles. The molecule has 2 rings (SSSR count). The first-order valence-electron chi connectivity index (χ1n) is 8.43. The Bertz CT molecular complexity index is 875. The van der Waals surface area contributed by atoms with E-state index in [1.807, 2.05) is 0 Å². The van der Waals surface area contributed by atoms with Crippen molar-refractivity contribution < 1.29 is 18.4 Å². The zero-order chi connectivity index (χ0) is 20.5. The molecule has 0 saturated heterocycles. The molecule has 7 nitrogen and oxygen atoms in total. The monoisotopic (exact) mass is 517 g/mol. The second-order valence-corrected chi connectivity index (χ2v) is 5.86. The van der Waals surface area contributed by atoms with Crippen LogP contribution in [0.2, 0.25) is 0 Å². The molecule has 0 saturated carbocycles. The van der Waals surface area contributed by atoms with Crippen LogP contribution in [0.3, 0.4) is 0 Å². The van der Waals surface area contributed by atoms with Crippen molar-refractivity contribution in [1.29, 1.82) is 0 Å². The van der Waals surface area contributed by atoms with E-state index in [-0.39, 0.29) is 42.6 Å². The maximum atomic E-state index is 13.7. The molecule has 5 N–H and O–H groups in total. The quantitative estimate of drug-likeness (QED) is 0.255. The maximum Gasteiger partial charge on any atom is 0.251 e. The van der Waals surface area contributed by atoms with Gasteiger partial charge in [0.05, 0.1) is 6.54 Å². The van der Waals surface area contributed by atoms with Gasteiger partial charge in [0.2, 0.25) is 5.91 Å². The number of carbonyl (C=O) groups is 2. The normalized spacial score (nSPS) is 10.7. The van der Waals surface area contributed by atoms with E-state index in [1.165, 1.54) is 0 Å². The highest BCUT2D eigenvalue weighted by atomic mass is 127. The minimum absolute atomic E-state index is 0. The average molecular weight is 517 g/mol. The van der Waals surface area contributed by atoms with Gasteiger partial charge in [-0.1, -0.05) is 12.1 Å². The summed E-state index contributed by atoms with van der Waals surface area (Å²) in [5, 5.41) is 8.35. The Hall–Kier alpha value is -2.76. The SMILES string of the molecule is CN=C(NCc1ccc(C(=O)NCC(N)=O)cc1)NCc1cc(F)ccc1F.I. The van der Waals surface area contributed by atoms with E-state index >= 15 is 0 Å². The standard InChI is InChI=1S/C19H21F2N5O2.HI/c1-23-19(26-10-14-8-15(20)6-7-16(14)21)25-9-12-2-4-13(5-3-12)18(28)24-11-17(22)27;/h2-8H,9-11H2,1H3,(H2,22,27)(H,24,28)(H2,23,25,26);1H. The summed E-state index contributed by atoms with van der Waals surface area (Å²) in [7, 11) is 1.56. The fourth-order valence-corrected chi connectivity index (χ4v) is 2.31. The average Bonchev–Trinajstić information content (AvgIpc) is 2.69. The van der Waals surface area contributed by atoms with Crippen molar-refractivity contribution in [3.05, 3.63) is 70.8 Å². The first-order chi connectivity index (χ1) is 13.4. The molecule has 0 atom stereocenters. The molecule has 10 heteroatoms. The van der Waals surface area contributed by atoms with Gasteiger partial charge in [0, 0.05) is 31.3 Å². The Balaban J connectivity index is 0.00000420. The van der Waals surface area contributed by atoms with Gasteiger partial charge < -0.3 is 21.7 Å². The van der Waals surface area contributed by atoms with Crippen molar-refractivity contribution in [2.45, 2.75) is 13.1 Å². The first kappa shape index (κ1) is 24.3. The topological polar surface area (TPSA) is 109 Å². The summed E-state index contributed by atoms with van der Waals surface area (Å²) in [6, 6.07) is 9.97. The molecule has 0 fully saturated rings. The van der Waals surface area contributed by atoms with E-state index in [4.69, 9.17) is 5.73 Å². The van der Waals surface area contributed by atoms with Crippen molar-refractivity contribution in [1.82, 2.24) is 16.0 Å². The van der Waals surface area contributed by atoms with Crippen LogP contribution in [0.5, 0.6) is 0 Å². The zero-order valence-electron chi connectivity index (χ0n) is 15.7. The van der Waals surface area contributed by atoms with Crippen molar-refractivity contribution in [2.24, 2.45) is 10.7 Å². The number of hydrogen-bond acceptors (Lipinski definition) is 3. The van der Waals surface area contributed by atoms with Crippen LogP contribution in [-0.4, -0.2) is 31.4 Å². The Kier molecular flexibility index (Phi) is 10.00. The summed E-state index contributed by atoms with van der Waals surface area (Å²) in [6.07, 6.45) is 0. The third-order valence-electron chi connectivity index (χ3n) is 3.78. The molecule has 0 aliphatic heterocycles. The number of nitrogens with one attached hydrogen (secondary N) is 3. The number of halogens is 3. The van der Waals surface area contributed by atoms with Crippen LogP contribution in [0.1, 0.15) is 21.5 Å². The maximum absolute atomic E-state index is 13.7. The van der Waals surface area contributed by atoms with Crippen molar-refractivity contribution in [2.75, 3.05) is 13.6 Å². The van der Waals surface area contributed by atoms with Gasteiger partial charge in [0.15, 0.2) is 5.96 Å². The number of rotatable bonds is 7. The number of primary amides is 1. The van der Waals surface area contributed by atoms with E-state index < -0.39 is 23.4 Å². The molecule has 156 valence electrons. The number of guanidine groups is 1. The second kappa shape index (κ2) is 11.9. The van der Waals surface area contributed by atoms with Crippen LogP contribution < -0.4 is 21.7 Å². The highest BCUT2D eigenvalue weighted by Gasteiger charge is 2.07. The Morgan fingerprint density at radius 2 is 1.66 bits per heavy atom. The molecule has 0 bridgehead atoms. The lowest BCUT2D eigenvalue weighted by molar-refractivity contribution is -0.117. The molecule has 0 radical (unpaired) electrons. The highest BCUT2D eigenvalue weighted by Crippen LogP contribution is 2.09. The largest absolute Gasteiger partial charge is 0.368 e. The minimum atomic E-state index is -0.619. The zero-order valence-corrected chi connectivity index (χ0v) is 18.0. The van der Waals surface area contributed by atoms with E-state index in [1.54, 1.807) is 31.3 Å². The minimum Gasteiger partial charge on any atom is -0.368 e. The van der Waals surface area contributed by atoms with E-state index in [0.29, 0.717) is 18.1 Å². The Morgan fingerprint density at radius 3 is 2.28 bits per heavy atom. The van der Waals surface area contributed by atoms with Gasteiger partial charge in [-0.05, 0) is 35.9 Å². The summed E-state index contributed by atoms with van der Waals surface area (Å²) >= 11 is 0. The predicted molar refractivity (Wildman–Crippen MR) is 117 cm³/mol. The number of aliphatic imine (C=N–C) groups is 1. The van der Waals surface area contributed by atoms with Gasteiger partial charge in [-0.3, -0.25) is 14.6 Å². The van der Waals surface area contributed by atoms with Gasteiger partial charge in [-0.15, -0.1) is 24.0 Å². The molecule has 0 heterocycles. The van der Waals surface area contributed by atoms with Gasteiger partial charge in [0.1, 0.15) is 11.6 Å². The van der Waals surface area contributed by atoms with Crippen molar-refractivity contribution in [3.8, 4) is 0 Å². The fraction of sp³-hybridized carbons (Fsp3) is 0.211. The smallest absolute Gasteiger partial charge is 0.251 e. The highest BCUT2D eigenvalue weighted by molar-refractivity contribution is 14.0. The summed E-state index contributed by atoms with van der Waals surface area (Å²) in [6.45, 7) is 0.243. The molecule has 0 aliphatic rings. The predicted octanol–water partition coefficient (Wildman–Crippen LogP) is 1.66. The summed E-state index contributed by atoms with van der Waals surface area (Å²) in [4.78, 5) is 26.5. The number of benzene rings is 2. The van der Waals surface area contributed by atoms with Crippen LogP contribution in [0.25, 0.3) is 0 Å². The van der Waals surface area contributed by atoms with Gasteiger partial charge >= 0.3 is 0 Å². The van der Waals surface area contributed by atoms with Crippen LogP contribution in [0.15, 0.2) is 47.5 Å². The lowest BCUT2D eigenvalue weighted by atomic mass is 10.1. The van der Waals surface area contributed by atoms with E-state index in [9.17, 15) is 18.4 Å². The Morgan fingerprint density at radius 1 is 1.00 bits per heavy atom. The second-order valence-electron chi connectivity index (χ2n) is 5.86. The number of carbonyl (C=O) groups excluding carboxylic acids is 2. The van der Waals surface area contributed by atoms with Gasteiger partial charge in [-0.2, -0.15) is 0 Å². The van der Waals surface area contributed by atoms with Crippen molar-refractivity contribution in [3.63, 3.8) is 0 Å². The molecular formula is C19H22F2IN5O2. The molecule has 0 spiro atoms. The molecule has 2 amide bonds. The van der Waals surface area contributed by atoms with Crippen LogP contribution in [-0.2, 0) is 17.9 Å². The molecular weight excluding hydrogens is 495 g/mol. The Labute approximate surface area is 184 Å². The summed E-state index contributed by atoms with van der Waals surface area (Å²) in [5.74, 6) is -1.62. The number of nitrogens with two attached hydrogens (primary N) is 1. The van der Waals surface area contributed by atoms with Crippen LogP contribution >= 0.6 is 24.0 Å². The molecule has 2 aromatic rings.